The van der Waals surface area contributed by atoms with Crippen molar-refractivity contribution in [2.24, 2.45) is 5.41 Å². The number of likely N-dealkylation sites (tertiary alicyclic amines) is 1. The van der Waals surface area contributed by atoms with E-state index in [0.717, 1.165) is 36.2 Å². The number of hydrogen-bond acceptors (Lipinski definition) is 3. The Labute approximate surface area is 149 Å². The molecule has 0 unspecified atom stereocenters. The van der Waals surface area contributed by atoms with Gasteiger partial charge in [0, 0.05) is 25.3 Å². The molecule has 2 heterocycles. The number of aliphatic hydroxyl groups excluding tert-OH is 1. The van der Waals surface area contributed by atoms with Crippen molar-refractivity contribution in [2.45, 2.75) is 33.1 Å². The number of rotatable bonds is 4. The van der Waals surface area contributed by atoms with Gasteiger partial charge in [0.25, 0.3) is 5.91 Å². The van der Waals surface area contributed by atoms with Crippen LogP contribution in [0.25, 0.3) is 11.3 Å². The summed E-state index contributed by atoms with van der Waals surface area (Å²) in [5.41, 5.74) is 3.37. The molecule has 0 radical (unpaired) electrons. The second-order valence-electron chi connectivity index (χ2n) is 7.00. The molecule has 3 rings (SSSR count). The van der Waals surface area contributed by atoms with Crippen LogP contribution >= 0.6 is 0 Å². The fourth-order valence-corrected chi connectivity index (χ4v) is 3.53. The van der Waals surface area contributed by atoms with Crippen LogP contribution in [-0.2, 0) is 0 Å². The standard InChI is InChI=1S/C21H26N2O2/c1-3-21(15-24)11-13-23(14-12-21)20(25)18-9-10-19(22-16(18)2)17-7-5-4-6-8-17/h4-10,24H,3,11-15H2,1-2H3. The van der Waals surface area contributed by atoms with E-state index in [1.54, 1.807) is 0 Å². The number of carbonyl (C=O) groups excluding carboxylic acids is 1. The van der Waals surface area contributed by atoms with Crippen molar-refractivity contribution in [3.05, 3.63) is 53.7 Å². The van der Waals surface area contributed by atoms with Crippen molar-refractivity contribution >= 4 is 5.91 Å². The maximum Gasteiger partial charge on any atom is 0.255 e. The molecule has 132 valence electrons. The van der Waals surface area contributed by atoms with Crippen molar-refractivity contribution in [2.75, 3.05) is 19.7 Å². The van der Waals surface area contributed by atoms with Crippen LogP contribution < -0.4 is 0 Å². The summed E-state index contributed by atoms with van der Waals surface area (Å²) in [5.74, 6) is 0.0484. The monoisotopic (exact) mass is 338 g/mol. The SMILES string of the molecule is CCC1(CO)CCN(C(=O)c2ccc(-c3ccccc3)nc2C)CC1. The molecule has 0 spiro atoms. The Balaban J connectivity index is 1.75. The predicted octanol–water partition coefficient (Wildman–Crippen LogP) is 3.68. The third kappa shape index (κ3) is 3.59. The number of aryl methyl sites for hydroxylation is 1. The normalized spacial score (nSPS) is 16.7. The number of pyridine rings is 1. The van der Waals surface area contributed by atoms with Gasteiger partial charge in [-0.2, -0.15) is 0 Å². The molecule has 1 aliphatic heterocycles. The van der Waals surface area contributed by atoms with E-state index in [-0.39, 0.29) is 17.9 Å². The zero-order valence-corrected chi connectivity index (χ0v) is 15.0. The summed E-state index contributed by atoms with van der Waals surface area (Å²) in [6, 6.07) is 13.8. The van der Waals surface area contributed by atoms with E-state index in [9.17, 15) is 9.90 Å². The number of amides is 1. The molecule has 0 bridgehead atoms. The van der Waals surface area contributed by atoms with Gasteiger partial charge in [-0.1, -0.05) is 37.3 Å². The molecule has 1 aromatic heterocycles. The van der Waals surface area contributed by atoms with E-state index in [1.807, 2.05) is 54.3 Å². The minimum atomic E-state index is -0.0127. The molecule has 1 aliphatic rings. The third-order valence-electron chi connectivity index (χ3n) is 5.58. The lowest BCUT2D eigenvalue weighted by Gasteiger charge is -2.40. The minimum absolute atomic E-state index is 0.0127. The van der Waals surface area contributed by atoms with E-state index in [4.69, 9.17) is 0 Å². The molecule has 1 saturated heterocycles. The summed E-state index contributed by atoms with van der Waals surface area (Å²) in [5, 5.41) is 9.65. The van der Waals surface area contributed by atoms with Gasteiger partial charge in [-0.05, 0) is 43.7 Å². The van der Waals surface area contributed by atoms with Crippen LogP contribution in [0.3, 0.4) is 0 Å². The van der Waals surface area contributed by atoms with E-state index in [0.29, 0.717) is 18.7 Å². The predicted molar refractivity (Wildman–Crippen MR) is 99.4 cm³/mol. The van der Waals surface area contributed by atoms with Crippen molar-refractivity contribution < 1.29 is 9.90 Å². The van der Waals surface area contributed by atoms with Gasteiger partial charge >= 0.3 is 0 Å². The molecule has 1 N–H and O–H groups in total. The molecule has 4 heteroatoms. The van der Waals surface area contributed by atoms with E-state index < -0.39 is 0 Å². The summed E-state index contributed by atoms with van der Waals surface area (Å²) < 4.78 is 0. The Morgan fingerprint density at radius 1 is 1.16 bits per heavy atom. The zero-order chi connectivity index (χ0) is 17.9. The first-order chi connectivity index (χ1) is 12.1. The van der Waals surface area contributed by atoms with Crippen LogP contribution in [0, 0.1) is 12.3 Å². The Kier molecular flexibility index (Phi) is 5.19. The fraction of sp³-hybridized carbons (Fsp3) is 0.429. The van der Waals surface area contributed by atoms with Crippen LogP contribution in [-0.4, -0.2) is 40.6 Å². The quantitative estimate of drug-likeness (QED) is 0.925. The molecule has 1 aromatic carbocycles. The van der Waals surface area contributed by atoms with Gasteiger partial charge in [0.2, 0.25) is 0 Å². The van der Waals surface area contributed by atoms with Gasteiger partial charge in [-0.25, -0.2) is 0 Å². The lowest BCUT2D eigenvalue weighted by molar-refractivity contribution is 0.0337. The number of aliphatic hydroxyl groups is 1. The maximum atomic E-state index is 12.9. The van der Waals surface area contributed by atoms with Crippen LogP contribution in [0.1, 0.15) is 42.2 Å². The Bertz CT molecular complexity index is 729. The Hall–Kier alpha value is -2.20. The first kappa shape index (κ1) is 17.6. The van der Waals surface area contributed by atoms with Crippen molar-refractivity contribution in [3.8, 4) is 11.3 Å². The average Bonchev–Trinajstić information content (AvgIpc) is 2.68. The summed E-state index contributed by atoms with van der Waals surface area (Å²) >= 11 is 0. The van der Waals surface area contributed by atoms with Crippen molar-refractivity contribution in [1.29, 1.82) is 0 Å². The van der Waals surface area contributed by atoms with E-state index in [1.165, 1.54) is 0 Å². The zero-order valence-electron chi connectivity index (χ0n) is 15.0. The first-order valence-electron chi connectivity index (χ1n) is 9.02. The van der Waals surface area contributed by atoms with Gasteiger partial charge < -0.3 is 10.0 Å². The lowest BCUT2D eigenvalue weighted by atomic mass is 9.77. The minimum Gasteiger partial charge on any atom is -0.396 e. The first-order valence-corrected chi connectivity index (χ1v) is 9.02. The molecule has 2 aromatic rings. The van der Waals surface area contributed by atoms with Gasteiger partial charge in [0.05, 0.1) is 17.0 Å². The number of aromatic nitrogens is 1. The van der Waals surface area contributed by atoms with Gasteiger partial charge in [0.1, 0.15) is 0 Å². The third-order valence-corrected chi connectivity index (χ3v) is 5.58. The number of carbonyl (C=O) groups is 1. The topological polar surface area (TPSA) is 53.4 Å². The summed E-state index contributed by atoms with van der Waals surface area (Å²) in [4.78, 5) is 19.4. The fourth-order valence-electron chi connectivity index (χ4n) is 3.53. The summed E-state index contributed by atoms with van der Waals surface area (Å²) in [6.07, 6.45) is 2.68. The molecule has 1 fully saturated rings. The molecule has 1 amide bonds. The molecule has 0 saturated carbocycles. The molecule has 0 aliphatic carbocycles. The molecular weight excluding hydrogens is 312 g/mol. The van der Waals surface area contributed by atoms with Crippen LogP contribution in [0.2, 0.25) is 0 Å². The smallest absolute Gasteiger partial charge is 0.255 e. The van der Waals surface area contributed by atoms with Gasteiger partial charge in [-0.15, -0.1) is 0 Å². The van der Waals surface area contributed by atoms with Crippen LogP contribution in [0.15, 0.2) is 42.5 Å². The number of piperidine rings is 1. The van der Waals surface area contributed by atoms with Gasteiger partial charge in [-0.3, -0.25) is 9.78 Å². The second kappa shape index (κ2) is 7.36. The second-order valence-corrected chi connectivity index (χ2v) is 7.00. The van der Waals surface area contributed by atoms with Gasteiger partial charge in [0.15, 0.2) is 0 Å². The summed E-state index contributed by atoms with van der Waals surface area (Å²) in [7, 11) is 0. The molecule has 25 heavy (non-hydrogen) atoms. The van der Waals surface area contributed by atoms with Crippen molar-refractivity contribution in [3.63, 3.8) is 0 Å². The van der Waals surface area contributed by atoms with Crippen LogP contribution in [0.5, 0.6) is 0 Å². The lowest BCUT2D eigenvalue weighted by Crippen LogP contribution is -2.44. The highest BCUT2D eigenvalue weighted by molar-refractivity contribution is 5.95. The number of benzene rings is 1. The molecular formula is C21H26N2O2. The maximum absolute atomic E-state index is 12.9. The highest BCUT2D eigenvalue weighted by Crippen LogP contribution is 2.34. The van der Waals surface area contributed by atoms with E-state index >= 15 is 0 Å². The van der Waals surface area contributed by atoms with E-state index in [2.05, 4.69) is 11.9 Å². The molecule has 4 nitrogen and oxygen atoms in total. The highest BCUT2D eigenvalue weighted by atomic mass is 16.3. The number of nitrogens with zero attached hydrogens (tertiary/aromatic N) is 2. The molecule has 0 atom stereocenters. The number of hydrogen-bond donors (Lipinski definition) is 1. The highest BCUT2D eigenvalue weighted by Gasteiger charge is 2.34. The average molecular weight is 338 g/mol. The Morgan fingerprint density at radius 3 is 2.40 bits per heavy atom. The largest absolute Gasteiger partial charge is 0.396 e. The van der Waals surface area contributed by atoms with Crippen molar-refractivity contribution in [1.82, 2.24) is 9.88 Å². The van der Waals surface area contributed by atoms with Crippen LogP contribution in [0.4, 0.5) is 0 Å². The Morgan fingerprint density at radius 2 is 1.84 bits per heavy atom. The summed E-state index contributed by atoms with van der Waals surface area (Å²) in [6.45, 7) is 5.62.